The van der Waals surface area contributed by atoms with Gasteiger partial charge in [-0.25, -0.2) is 0 Å². The van der Waals surface area contributed by atoms with Crippen molar-refractivity contribution in [3.05, 3.63) is 92.2 Å². The van der Waals surface area contributed by atoms with Crippen LogP contribution in [-0.2, 0) is 0 Å². The molecule has 4 rings (SSSR count). The summed E-state index contributed by atoms with van der Waals surface area (Å²) in [5.74, 6) is 0.712. The standard InChI is InChI=1S/C40H45N3O3S/c1-5-7-9-13-23-45-39-36(22-19-29-17-20-31(21-18-29)43(3)4)47-37(40(39)46-24-14-10-8-6-2)26-35-34(25-30(27-41)28-42)32-15-11-12-16-33(32)38(35)44/h11-12,15-22,25-26,34H,5-10,13-14,23-24H2,1-4H3/b22-19+,35-26-. The van der Waals surface area contributed by atoms with Gasteiger partial charge in [-0.1, -0.05) is 94.8 Å². The lowest BCUT2D eigenvalue weighted by Crippen LogP contribution is -2.07. The molecule has 1 aliphatic carbocycles. The Balaban J connectivity index is 1.81. The number of ketones is 1. The predicted octanol–water partition coefficient (Wildman–Crippen LogP) is 10.2. The number of hydrogen-bond acceptors (Lipinski definition) is 7. The quantitative estimate of drug-likeness (QED) is 0.0823. The van der Waals surface area contributed by atoms with Crippen LogP contribution < -0.4 is 14.4 Å². The maximum absolute atomic E-state index is 13.8. The Morgan fingerprint density at radius 1 is 0.830 bits per heavy atom. The van der Waals surface area contributed by atoms with Gasteiger partial charge in [0.25, 0.3) is 0 Å². The molecular weight excluding hydrogens is 603 g/mol. The lowest BCUT2D eigenvalue weighted by molar-refractivity contribution is 0.103. The number of nitriles is 2. The van der Waals surface area contributed by atoms with Gasteiger partial charge >= 0.3 is 0 Å². The number of allylic oxidation sites excluding steroid dienone is 3. The van der Waals surface area contributed by atoms with Gasteiger partial charge in [0, 0.05) is 36.8 Å². The number of rotatable bonds is 17. The van der Waals surface area contributed by atoms with E-state index in [0.717, 1.165) is 77.9 Å². The Hall–Kier alpha value is -4.59. The molecule has 0 radical (unpaired) electrons. The first-order valence-corrected chi connectivity index (χ1v) is 17.5. The normalized spacial score (nSPS) is 14.6. The van der Waals surface area contributed by atoms with E-state index in [2.05, 4.69) is 55.2 Å². The molecule has 0 saturated heterocycles. The van der Waals surface area contributed by atoms with Crippen molar-refractivity contribution in [3.8, 4) is 23.6 Å². The van der Waals surface area contributed by atoms with Crippen LogP contribution in [0.3, 0.4) is 0 Å². The molecule has 0 fully saturated rings. The summed E-state index contributed by atoms with van der Waals surface area (Å²) in [5.41, 5.74) is 4.05. The first-order valence-electron chi connectivity index (χ1n) is 16.7. The molecule has 0 spiro atoms. The minimum atomic E-state index is -0.514. The maximum atomic E-state index is 13.8. The van der Waals surface area contributed by atoms with E-state index in [9.17, 15) is 15.3 Å². The Morgan fingerprint density at radius 3 is 2.04 bits per heavy atom. The minimum absolute atomic E-state index is 0.0241. The van der Waals surface area contributed by atoms with E-state index in [1.165, 1.54) is 11.3 Å². The molecular formula is C40H45N3O3S. The summed E-state index contributed by atoms with van der Waals surface area (Å²) in [6.07, 6.45) is 16.2. The van der Waals surface area contributed by atoms with E-state index in [4.69, 9.17) is 9.47 Å². The maximum Gasteiger partial charge on any atom is 0.190 e. The Labute approximate surface area is 284 Å². The number of unbranched alkanes of at least 4 members (excludes halogenated alkanes) is 6. The summed E-state index contributed by atoms with van der Waals surface area (Å²) in [4.78, 5) is 17.6. The number of fused-ring (bicyclic) bond motifs is 1. The number of anilines is 1. The highest BCUT2D eigenvalue weighted by Crippen LogP contribution is 2.48. The second-order valence-corrected chi connectivity index (χ2v) is 13.0. The number of thiophene rings is 1. The molecule has 1 atom stereocenters. The van der Waals surface area contributed by atoms with Crippen molar-refractivity contribution in [1.29, 1.82) is 10.5 Å². The molecule has 0 amide bonds. The number of ether oxygens (including phenoxy) is 2. The minimum Gasteiger partial charge on any atom is -0.488 e. The van der Waals surface area contributed by atoms with E-state index in [0.29, 0.717) is 35.8 Å². The Bertz CT molecular complexity index is 1670. The van der Waals surface area contributed by atoms with Crippen LogP contribution in [0.5, 0.6) is 11.5 Å². The molecule has 0 aliphatic heterocycles. The number of carbonyl (C=O) groups is 1. The molecule has 2 aromatic carbocycles. The van der Waals surface area contributed by atoms with Gasteiger partial charge in [0.05, 0.1) is 23.0 Å². The highest BCUT2D eigenvalue weighted by molar-refractivity contribution is 7.14. The van der Waals surface area contributed by atoms with Crippen LogP contribution in [0.1, 0.15) is 102 Å². The van der Waals surface area contributed by atoms with Crippen molar-refractivity contribution in [2.45, 2.75) is 71.1 Å². The summed E-state index contributed by atoms with van der Waals surface area (Å²) in [5, 5.41) is 19.1. The predicted molar refractivity (Wildman–Crippen MR) is 194 cm³/mol. The second kappa shape index (κ2) is 17.9. The fourth-order valence-corrected chi connectivity index (χ4v) is 6.60. The number of benzene rings is 2. The van der Waals surface area contributed by atoms with E-state index in [-0.39, 0.29) is 11.4 Å². The van der Waals surface area contributed by atoms with Crippen LogP contribution >= 0.6 is 11.3 Å². The first kappa shape index (κ1) is 35.3. The number of carbonyl (C=O) groups excluding carboxylic acids is 1. The van der Waals surface area contributed by atoms with Crippen molar-refractivity contribution in [3.63, 3.8) is 0 Å². The van der Waals surface area contributed by atoms with Crippen LogP contribution in [0.4, 0.5) is 5.69 Å². The number of hydrogen-bond donors (Lipinski definition) is 0. The zero-order valence-electron chi connectivity index (χ0n) is 28.1. The van der Waals surface area contributed by atoms with Gasteiger partial charge in [-0.2, -0.15) is 10.5 Å². The molecule has 47 heavy (non-hydrogen) atoms. The average molecular weight is 648 g/mol. The first-order chi connectivity index (χ1) is 22.9. The zero-order chi connectivity index (χ0) is 33.6. The van der Waals surface area contributed by atoms with Crippen molar-refractivity contribution in [1.82, 2.24) is 0 Å². The molecule has 1 aliphatic rings. The second-order valence-electron chi connectivity index (χ2n) is 11.9. The fraction of sp³-hybridized carbons (Fsp3) is 0.375. The van der Waals surface area contributed by atoms with Gasteiger partial charge in [0.15, 0.2) is 17.3 Å². The largest absolute Gasteiger partial charge is 0.488 e. The zero-order valence-corrected chi connectivity index (χ0v) is 28.9. The molecule has 244 valence electrons. The molecule has 1 heterocycles. The van der Waals surface area contributed by atoms with Gasteiger partial charge in [-0.3, -0.25) is 4.79 Å². The van der Waals surface area contributed by atoms with Gasteiger partial charge in [-0.15, -0.1) is 11.3 Å². The Kier molecular flexibility index (Phi) is 13.5. The molecule has 0 bridgehead atoms. The topological polar surface area (TPSA) is 86.3 Å². The highest BCUT2D eigenvalue weighted by Gasteiger charge is 2.34. The van der Waals surface area contributed by atoms with E-state index in [1.54, 1.807) is 12.1 Å². The van der Waals surface area contributed by atoms with Crippen molar-refractivity contribution in [2.75, 3.05) is 32.2 Å². The molecule has 7 heteroatoms. The third-order valence-electron chi connectivity index (χ3n) is 8.20. The van der Waals surface area contributed by atoms with Crippen LogP contribution in [-0.4, -0.2) is 33.1 Å². The summed E-state index contributed by atoms with van der Waals surface area (Å²) >= 11 is 1.53. The van der Waals surface area contributed by atoms with Crippen molar-refractivity contribution < 1.29 is 14.3 Å². The van der Waals surface area contributed by atoms with E-state index < -0.39 is 5.92 Å². The molecule has 6 nitrogen and oxygen atoms in total. The summed E-state index contributed by atoms with van der Waals surface area (Å²) in [6.45, 7) is 5.49. The van der Waals surface area contributed by atoms with Crippen LogP contribution in [0.15, 0.2) is 65.8 Å². The Morgan fingerprint density at radius 2 is 1.45 bits per heavy atom. The lowest BCUT2D eigenvalue weighted by Gasteiger charge is -2.12. The monoisotopic (exact) mass is 647 g/mol. The van der Waals surface area contributed by atoms with E-state index >= 15 is 0 Å². The number of nitrogens with zero attached hydrogens (tertiary/aromatic N) is 3. The molecule has 1 aromatic heterocycles. The van der Waals surface area contributed by atoms with Crippen molar-refractivity contribution in [2.24, 2.45) is 0 Å². The molecule has 1 unspecified atom stereocenters. The summed E-state index contributed by atoms with van der Waals surface area (Å²) in [7, 11) is 4.05. The van der Waals surface area contributed by atoms with Crippen LogP contribution in [0.25, 0.3) is 18.2 Å². The number of Topliss-reactive ketones (excluding diaryl/α,β-unsaturated/α-hetero) is 1. The van der Waals surface area contributed by atoms with Crippen molar-refractivity contribution >= 4 is 41.0 Å². The molecule has 3 aromatic rings. The lowest BCUT2D eigenvalue weighted by atomic mass is 9.94. The third-order valence-corrected chi connectivity index (χ3v) is 9.26. The van der Waals surface area contributed by atoms with Gasteiger partial charge < -0.3 is 14.4 Å². The summed E-state index contributed by atoms with van der Waals surface area (Å²) in [6, 6.07) is 19.7. The van der Waals surface area contributed by atoms with Crippen LogP contribution in [0, 0.1) is 22.7 Å². The highest BCUT2D eigenvalue weighted by atomic mass is 32.1. The smallest absolute Gasteiger partial charge is 0.190 e. The molecule has 0 N–H and O–H groups in total. The molecule has 0 saturated carbocycles. The van der Waals surface area contributed by atoms with E-state index in [1.807, 2.05) is 50.5 Å². The van der Waals surface area contributed by atoms with Gasteiger partial charge in [0.2, 0.25) is 0 Å². The van der Waals surface area contributed by atoms with Gasteiger partial charge in [-0.05, 0) is 54.3 Å². The third kappa shape index (κ3) is 9.24. The van der Waals surface area contributed by atoms with Gasteiger partial charge in [0.1, 0.15) is 17.7 Å². The fourth-order valence-electron chi connectivity index (χ4n) is 5.56. The SMILES string of the molecule is CCCCCCOc1c(/C=C2\C(=O)c3ccccc3C2C=C(C#N)C#N)sc(/C=C/c2ccc(N(C)C)cc2)c1OCCCCCC. The summed E-state index contributed by atoms with van der Waals surface area (Å²) < 4.78 is 13.0. The average Bonchev–Trinajstić information content (AvgIpc) is 3.55. The van der Waals surface area contributed by atoms with Crippen LogP contribution in [0.2, 0.25) is 0 Å².